The number of hydrogen-bond donors (Lipinski definition) is 3. The maximum atomic E-state index is 13.4. The van der Waals surface area contributed by atoms with Crippen LogP contribution in [0.4, 0.5) is 0 Å². The van der Waals surface area contributed by atoms with Crippen molar-refractivity contribution >= 4 is 17.9 Å². The average Bonchev–Trinajstić information content (AvgIpc) is 3.32. The second-order valence-electron chi connectivity index (χ2n) is 10.7. The topological polar surface area (TPSA) is 149 Å². The summed E-state index contributed by atoms with van der Waals surface area (Å²) in [6, 6.07) is 0. The zero-order valence-corrected chi connectivity index (χ0v) is 16.9. The van der Waals surface area contributed by atoms with Gasteiger partial charge in [-0.15, -0.1) is 0 Å². The number of rotatable bonds is 0. The van der Waals surface area contributed by atoms with Gasteiger partial charge in [-0.2, -0.15) is 0 Å². The fourth-order valence-electron chi connectivity index (χ4n) is 8.27. The van der Waals surface area contributed by atoms with Crippen LogP contribution in [0.1, 0.15) is 34.1 Å². The molecule has 3 N–H and O–H groups in total. The standard InChI is InChI=1S/C20H24O10/c1-6-13(24)28-12-10(23)18-11-8(22)9(16(2,3)4)17(18)5-7(21)27-15(17)30-20(18,14(25)29-11)19(6,12)26/h6,8-12,15,22-23,26H,5H2,1-4H3/t6-,8-,9+,10?,11?,12?,15+,17?,18?,19-,20-/m1/s1. The third-order valence-corrected chi connectivity index (χ3v) is 8.85. The molecule has 4 saturated heterocycles. The molecule has 6 aliphatic rings. The summed E-state index contributed by atoms with van der Waals surface area (Å²) >= 11 is 0. The number of aliphatic hydroxyl groups excluding tert-OH is 2. The van der Waals surface area contributed by atoms with E-state index in [2.05, 4.69) is 0 Å². The van der Waals surface area contributed by atoms with Gasteiger partial charge in [0.15, 0.2) is 11.7 Å². The van der Waals surface area contributed by atoms with E-state index in [0.717, 1.165) is 0 Å². The number of aliphatic hydroxyl groups is 3. The Labute approximate surface area is 171 Å². The van der Waals surface area contributed by atoms with Gasteiger partial charge in [-0.05, 0) is 12.3 Å². The van der Waals surface area contributed by atoms with E-state index in [1.807, 2.05) is 20.8 Å². The van der Waals surface area contributed by atoms with E-state index in [9.17, 15) is 29.7 Å². The van der Waals surface area contributed by atoms with Crippen molar-refractivity contribution < 1.29 is 48.7 Å². The van der Waals surface area contributed by atoms with Gasteiger partial charge >= 0.3 is 17.9 Å². The Hall–Kier alpha value is -1.75. The lowest BCUT2D eigenvalue weighted by atomic mass is 9.52. The van der Waals surface area contributed by atoms with Crippen molar-refractivity contribution in [3.63, 3.8) is 0 Å². The largest absolute Gasteiger partial charge is 0.456 e. The lowest BCUT2D eigenvalue weighted by Crippen LogP contribution is -2.65. The molecule has 0 amide bonds. The molecule has 0 aromatic heterocycles. The molecule has 0 aromatic carbocycles. The Balaban J connectivity index is 1.72. The van der Waals surface area contributed by atoms with E-state index in [0.29, 0.717) is 0 Å². The number of esters is 3. The van der Waals surface area contributed by atoms with Crippen molar-refractivity contribution in [1.82, 2.24) is 0 Å². The van der Waals surface area contributed by atoms with Gasteiger partial charge in [0.1, 0.15) is 12.2 Å². The summed E-state index contributed by atoms with van der Waals surface area (Å²) in [4.78, 5) is 38.2. The average molecular weight is 424 g/mol. The monoisotopic (exact) mass is 424 g/mol. The molecule has 6 fully saturated rings. The zero-order valence-electron chi connectivity index (χ0n) is 16.9. The molecule has 6 rings (SSSR count). The van der Waals surface area contributed by atoms with Crippen LogP contribution in [-0.2, 0) is 33.3 Å². The van der Waals surface area contributed by atoms with Gasteiger partial charge in [0.2, 0.25) is 11.9 Å². The van der Waals surface area contributed by atoms with E-state index < -0.39 is 87.9 Å². The van der Waals surface area contributed by atoms with Crippen molar-refractivity contribution in [3.8, 4) is 0 Å². The van der Waals surface area contributed by atoms with Crippen LogP contribution in [0.3, 0.4) is 0 Å². The van der Waals surface area contributed by atoms with E-state index in [4.69, 9.17) is 18.9 Å². The van der Waals surface area contributed by atoms with Crippen molar-refractivity contribution in [2.24, 2.45) is 28.1 Å². The summed E-state index contributed by atoms with van der Waals surface area (Å²) in [7, 11) is 0. The second kappa shape index (κ2) is 4.69. The Morgan fingerprint density at radius 3 is 2.33 bits per heavy atom. The molecule has 2 aliphatic carbocycles. The molecule has 0 aromatic rings. The summed E-state index contributed by atoms with van der Waals surface area (Å²) in [6.45, 7) is 7.00. The maximum Gasteiger partial charge on any atom is 0.343 e. The van der Waals surface area contributed by atoms with Crippen LogP contribution in [0.5, 0.6) is 0 Å². The molecule has 4 heterocycles. The summed E-state index contributed by atoms with van der Waals surface area (Å²) in [5.41, 5.74) is -8.15. The van der Waals surface area contributed by atoms with Crippen LogP contribution >= 0.6 is 0 Å². The first kappa shape index (κ1) is 19.0. The zero-order chi connectivity index (χ0) is 21.8. The molecule has 0 bridgehead atoms. The first-order valence-corrected chi connectivity index (χ1v) is 10.2. The van der Waals surface area contributed by atoms with Crippen molar-refractivity contribution in [2.75, 3.05) is 0 Å². The van der Waals surface area contributed by atoms with Crippen LogP contribution in [0.2, 0.25) is 0 Å². The van der Waals surface area contributed by atoms with Gasteiger partial charge < -0.3 is 34.3 Å². The number of fused-ring (bicyclic) bond motifs is 1. The molecule has 2 spiro atoms. The van der Waals surface area contributed by atoms with Crippen LogP contribution in [0, 0.1) is 28.1 Å². The van der Waals surface area contributed by atoms with Gasteiger partial charge in [0.05, 0.1) is 29.3 Å². The van der Waals surface area contributed by atoms with E-state index in [1.54, 1.807) is 0 Å². The number of ether oxygens (including phenoxy) is 4. The molecule has 4 aliphatic heterocycles. The van der Waals surface area contributed by atoms with Crippen LogP contribution < -0.4 is 0 Å². The van der Waals surface area contributed by atoms with Gasteiger partial charge in [-0.3, -0.25) is 9.59 Å². The third kappa shape index (κ3) is 1.35. The van der Waals surface area contributed by atoms with Crippen LogP contribution in [0.25, 0.3) is 0 Å². The fraction of sp³-hybridized carbons (Fsp3) is 0.850. The molecule has 30 heavy (non-hydrogen) atoms. The third-order valence-electron chi connectivity index (χ3n) is 8.85. The van der Waals surface area contributed by atoms with Gasteiger partial charge in [0.25, 0.3) is 0 Å². The van der Waals surface area contributed by atoms with Crippen molar-refractivity contribution in [3.05, 3.63) is 0 Å². The Bertz CT molecular complexity index is 925. The summed E-state index contributed by atoms with van der Waals surface area (Å²) in [6.07, 6.45) is -7.11. The van der Waals surface area contributed by atoms with Gasteiger partial charge in [0, 0.05) is 5.92 Å². The number of carbonyl (C=O) groups is 3. The smallest absolute Gasteiger partial charge is 0.343 e. The number of carbonyl (C=O) groups excluding carboxylic acids is 3. The summed E-state index contributed by atoms with van der Waals surface area (Å²) in [5.74, 6) is -4.24. The van der Waals surface area contributed by atoms with Crippen molar-refractivity contribution in [2.45, 2.75) is 76.0 Å². The minimum atomic E-state index is -2.24. The lowest BCUT2D eigenvalue weighted by molar-refractivity contribution is -0.240. The molecule has 2 saturated carbocycles. The van der Waals surface area contributed by atoms with Crippen LogP contribution in [-0.4, -0.2) is 75.1 Å². The molecular weight excluding hydrogens is 400 g/mol. The van der Waals surface area contributed by atoms with E-state index in [-0.39, 0.29) is 6.42 Å². The normalized spacial score (nSPS) is 60.1. The Kier molecular flexibility index (Phi) is 2.97. The van der Waals surface area contributed by atoms with Gasteiger partial charge in [-0.25, -0.2) is 4.79 Å². The number of hydrogen-bond acceptors (Lipinski definition) is 10. The SMILES string of the molecule is C[C@@H]1C(=O)OC2C(O)C34C5OC(=O)[C@]3(O[C@@H]3OC(=O)CC34[C@H](C(C)(C)C)[C@H]5O)[C@]21O. The highest BCUT2D eigenvalue weighted by atomic mass is 16.7. The van der Waals surface area contributed by atoms with Gasteiger partial charge in [-0.1, -0.05) is 20.8 Å². The summed E-state index contributed by atoms with van der Waals surface area (Å²) in [5, 5.41) is 34.8. The molecule has 164 valence electrons. The second-order valence-corrected chi connectivity index (χ2v) is 10.7. The molecule has 0 radical (unpaired) electrons. The maximum absolute atomic E-state index is 13.4. The molecule has 10 nitrogen and oxygen atoms in total. The Morgan fingerprint density at radius 2 is 1.70 bits per heavy atom. The minimum Gasteiger partial charge on any atom is -0.456 e. The predicted molar refractivity (Wildman–Crippen MR) is 92.0 cm³/mol. The molecule has 11 atom stereocenters. The highest BCUT2D eigenvalue weighted by molar-refractivity contribution is 5.93. The quantitative estimate of drug-likeness (QED) is 0.314. The minimum absolute atomic E-state index is 0.228. The Morgan fingerprint density at radius 1 is 1.03 bits per heavy atom. The first-order chi connectivity index (χ1) is 13.8. The molecular formula is C20H24O10. The lowest BCUT2D eigenvalue weighted by Gasteiger charge is -2.46. The summed E-state index contributed by atoms with van der Waals surface area (Å²) < 4.78 is 22.5. The predicted octanol–water partition coefficient (Wildman–Crippen LogP) is -1.37. The van der Waals surface area contributed by atoms with E-state index in [1.165, 1.54) is 6.92 Å². The van der Waals surface area contributed by atoms with Crippen LogP contribution in [0.15, 0.2) is 0 Å². The van der Waals surface area contributed by atoms with Crippen molar-refractivity contribution in [1.29, 1.82) is 0 Å². The molecule has 5 unspecified atom stereocenters. The fourth-order valence-corrected chi connectivity index (χ4v) is 8.27. The highest BCUT2D eigenvalue weighted by Crippen LogP contribution is 2.84. The van der Waals surface area contributed by atoms with E-state index >= 15 is 0 Å². The highest BCUT2D eigenvalue weighted by Gasteiger charge is 3.03. The molecule has 10 heteroatoms. The first-order valence-electron chi connectivity index (χ1n) is 10.2.